The molecule has 0 saturated carbocycles. The van der Waals surface area contributed by atoms with E-state index in [1.54, 1.807) is 6.92 Å². The summed E-state index contributed by atoms with van der Waals surface area (Å²) in [5.41, 5.74) is 0.514. The van der Waals surface area contributed by atoms with Crippen LogP contribution < -0.4 is 10.6 Å². The summed E-state index contributed by atoms with van der Waals surface area (Å²) in [4.78, 5) is 8.69. The van der Waals surface area contributed by atoms with Gasteiger partial charge in [-0.2, -0.15) is 0 Å². The van der Waals surface area contributed by atoms with Crippen LogP contribution in [0.3, 0.4) is 0 Å². The Hall–Kier alpha value is -2.24. The first-order chi connectivity index (χ1) is 10.1. The molecule has 0 bridgehead atoms. The van der Waals surface area contributed by atoms with Gasteiger partial charge in [0, 0.05) is 18.5 Å². The zero-order valence-corrected chi connectivity index (χ0v) is 12.3. The van der Waals surface area contributed by atoms with Gasteiger partial charge in [0.1, 0.15) is 34.8 Å². The molecule has 0 amide bonds. The minimum Gasteiger partial charge on any atom is -0.370 e. The second-order valence-electron chi connectivity index (χ2n) is 4.57. The summed E-state index contributed by atoms with van der Waals surface area (Å²) in [5, 5.41) is 5.87. The first-order valence-electron chi connectivity index (χ1n) is 6.89. The number of rotatable bonds is 5. The van der Waals surface area contributed by atoms with E-state index in [0.717, 1.165) is 5.56 Å². The van der Waals surface area contributed by atoms with Crippen molar-refractivity contribution in [3.05, 3.63) is 41.2 Å². The number of nitrogens with zero attached hydrogens (tertiary/aromatic N) is 2. The highest BCUT2D eigenvalue weighted by molar-refractivity contribution is 5.65. The molecule has 2 aromatic rings. The average molecular weight is 292 g/mol. The number of aryl methyl sites for hydroxylation is 1. The summed E-state index contributed by atoms with van der Waals surface area (Å²) in [6.07, 6.45) is 0.632. The summed E-state index contributed by atoms with van der Waals surface area (Å²) >= 11 is 0. The maximum atomic E-state index is 13.7. The van der Waals surface area contributed by atoms with Gasteiger partial charge in [0.05, 0.1) is 0 Å². The molecule has 0 unspecified atom stereocenters. The predicted molar refractivity (Wildman–Crippen MR) is 80.0 cm³/mol. The lowest BCUT2D eigenvalue weighted by atomic mass is 10.2. The summed E-state index contributed by atoms with van der Waals surface area (Å²) in [7, 11) is 0. The van der Waals surface area contributed by atoms with Crippen molar-refractivity contribution in [2.75, 3.05) is 17.2 Å². The third-order valence-corrected chi connectivity index (χ3v) is 3.06. The van der Waals surface area contributed by atoms with Crippen LogP contribution in [0.25, 0.3) is 0 Å². The number of anilines is 3. The van der Waals surface area contributed by atoms with Crippen LogP contribution in [0, 0.1) is 18.6 Å². The SMILES string of the molecule is CCNc1nc(CC)nc(Nc2c(F)cccc2F)c1C. The zero-order chi connectivity index (χ0) is 15.4. The topological polar surface area (TPSA) is 49.8 Å². The van der Waals surface area contributed by atoms with E-state index < -0.39 is 11.6 Å². The van der Waals surface area contributed by atoms with Gasteiger partial charge in [0.25, 0.3) is 0 Å². The third kappa shape index (κ3) is 3.26. The van der Waals surface area contributed by atoms with Crippen LogP contribution in [-0.2, 0) is 6.42 Å². The van der Waals surface area contributed by atoms with Crippen molar-refractivity contribution in [3.8, 4) is 0 Å². The minimum absolute atomic E-state index is 0.205. The van der Waals surface area contributed by atoms with Crippen molar-refractivity contribution in [1.82, 2.24) is 9.97 Å². The number of hydrogen-bond acceptors (Lipinski definition) is 4. The lowest BCUT2D eigenvalue weighted by Gasteiger charge is -2.15. The third-order valence-electron chi connectivity index (χ3n) is 3.06. The predicted octanol–water partition coefficient (Wildman–Crippen LogP) is 3.80. The van der Waals surface area contributed by atoms with Gasteiger partial charge in [0.15, 0.2) is 0 Å². The van der Waals surface area contributed by atoms with Gasteiger partial charge >= 0.3 is 0 Å². The molecule has 2 N–H and O–H groups in total. The molecular weight excluding hydrogens is 274 g/mol. The van der Waals surface area contributed by atoms with Crippen molar-refractivity contribution in [1.29, 1.82) is 0 Å². The lowest BCUT2D eigenvalue weighted by Crippen LogP contribution is -2.10. The van der Waals surface area contributed by atoms with Crippen molar-refractivity contribution in [3.63, 3.8) is 0 Å². The smallest absolute Gasteiger partial charge is 0.149 e. The maximum absolute atomic E-state index is 13.7. The highest BCUT2D eigenvalue weighted by Crippen LogP contribution is 2.27. The number of nitrogens with one attached hydrogen (secondary N) is 2. The second-order valence-corrected chi connectivity index (χ2v) is 4.57. The minimum atomic E-state index is -0.656. The van der Waals surface area contributed by atoms with Crippen LogP contribution in [0.15, 0.2) is 18.2 Å². The van der Waals surface area contributed by atoms with Gasteiger partial charge in [-0.25, -0.2) is 18.7 Å². The van der Waals surface area contributed by atoms with Crippen molar-refractivity contribution in [2.45, 2.75) is 27.2 Å². The van der Waals surface area contributed by atoms with Gasteiger partial charge in [-0.3, -0.25) is 0 Å². The largest absolute Gasteiger partial charge is 0.370 e. The molecule has 112 valence electrons. The van der Waals surface area contributed by atoms with Crippen molar-refractivity contribution in [2.24, 2.45) is 0 Å². The van der Waals surface area contributed by atoms with Gasteiger partial charge in [-0.05, 0) is 26.0 Å². The normalized spacial score (nSPS) is 10.5. The fourth-order valence-corrected chi connectivity index (χ4v) is 1.92. The van der Waals surface area contributed by atoms with E-state index in [-0.39, 0.29) is 5.69 Å². The van der Waals surface area contributed by atoms with Crippen molar-refractivity contribution < 1.29 is 8.78 Å². The van der Waals surface area contributed by atoms with Gasteiger partial charge in [-0.15, -0.1) is 0 Å². The molecule has 0 aliphatic heterocycles. The molecule has 0 radical (unpaired) electrons. The van der Waals surface area contributed by atoms with E-state index in [4.69, 9.17) is 0 Å². The Morgan fingerprint density at radius 2 is 1.67 bits per heavy atom. The molecule has 6 heteroatoms. The van der Waals surface area contributed by atoms with E-state index >= 15 is 0 Å². The molecule has 1 heterocycles. The van der Waals surface area contributed by atoms with Crippen LogP contribution in [0.2, 0.25) is 0 Å². The lowest BCUT2D eigenvalue weighted by molar-refractivity contribution is 0.590. The fourth-order valence-electron chi connectivity index (χ4n) is 1.92. The summed E-state index contributed by atoms with van der Waals surface area (Å²) in [6.45, 7) is 6.39. The Bertz CT molecular complexity index is 624. The first-order valence-corrected chi connectivity index (χ1v) is 6.89. The van der Waals surface area contributed by atoms with E-state index in [0.29, 0.717) is 30.4 Å². The Kier molecular flexibility index (Phi) is 4.67. The Morgan fingerprint density at radius 3 is 2.24 bits per heavy atom. The number of aromatic nitrogens is 2. The Labute approximate surface area is 122 Å². The molecule has 2 rings (SSSR count). The van der Waals surface area contributed by atoms with Crippen LogP contribution in [0.4, 0.5) is 26.1 Å². The highest BCUT2D eigenvalue weighted by atomic mass is 19.1. The summed E-state index contributed by atoms with van der Waals surface area (Å²) < 4.78 is 27.5. The van der Waals surface area contributed by atoms with Crippen LogP contribution in [-0.4, -0.2) is 16.5 Å². The van der Waals surface area contributed by atoms with Crippen LogP contribution in [0.1, 0.15) is 25.2 Å². The molecule has 21 heavy (non-hydrogen) atoms. The standard InChI is InChI=1S/C15H18F2N4/c1-4-12-19-14(18-5-2)9(3)15(20-12)21-13-10(16)7-6-8-11(13)17/h6-8H,4-5H2,1-3H3,(H2,18,19,20,21). The number of hydrogen-bond donors (Lipinski definition) is 2. The quantitative estimate of drug-likeness (QED) is 0.880. The average Bonchev–Trinajstić information content (AvgIpc) is 2.46. The molecule has 4 nitrogen and oxygen atoms in total. The summed E-state index contributed by atoms with van der Waals surface area (Å²) in [6, 6.07) is 3.73. The first kappa shape index (κ1) is 15.2. The number of benzene rings is 1. The van der Waals surface area contributed by atoms with E-state index in [9.17, 15) is 8.78 Å². The van der Waals surface area contributed by atoms with Crippen molar-refractivity contribution >= 4 is 17.3 Å². The molecule has 0 fully saturated rings. The second kappa shape index (κ2) is 6.47. The van der Waals surface area contributed by atoms with Crippen LogP contribution >= 0.6 is 0 Å². The monoisotopic (exact) mass is 292 g/mol. The zero-order valence-electron chi connectivity index (χ0n) is 12.3. The molecule has 1 aromatic heterocycles. The molecule has 1 aromatic carbocycles. The maximum Gasteiger partial charge on any atom is 0.149 e. The Morgan fingerprint density at radius 1 is 1.05 bits per heavy atom. The molecule has 0 atom stereocenters. The highest BCUT2D eigenvalue weighted by Gasteiger charge is 2.14. The Balaban J connectivity index is 2.46. The molecular formula is C15H18F2N4. The van der Waals surface area contributed by atoms with Crippen LogP contribution in [0.5, 0.6) is 0 Å². The molecule has 0 aliphatic rings. The summed E-state index contributed by atoms with van der Waals surface area (Å²) in [5.74, 6) is 0.369. The van der Waals surface area contributed by atoms with Gasteiger partial charge in [-0.1, -0.05) is 13.0 Å². The number of para-hydroxylation sites is 1. The van der Waals surface area contributed by atoms with E-state index in [1.807, 2.05) is 13.8 Å². The molecule has 0 spiro atoms. The fraction of sp³-hybridized carbons (Fsp3) is 0.333. The molecule has 0 saturated heterocycles. The van der Waals surface area contributed by atoms with Gasteiger partial charge in [0.2, 0.25) is 0 Å². The van der Waals surface area contributed by atoms with Gasteiger partial charge < -0.3 is 10.6 Å². The number of halogens is 2. The van der Waals surface area contributed by atoms with E-state index in [1.165, 1.54) is 18.2 Å². The van der Waals surface area contributed by atoms with E-state index in [2.05, 4.69) is 20.6 Å². The molecule has 0 aliphatic carbocycles.